The van der Waals surface area contributed by atoms with E-state index in [9.17, 15) is 13.2 Å². The molecule has 0 bridgehead atoms. The van der Waals surface area contributed by atoms with Gasteiger partial charge in [0.25, 0.3) is 5.91 Å². The second-order valence-corrected chi connectivity index (χ2v) is 10.2. The van der Waals surface area contributed by atoms with Crippen LogP contribution < -0.4 is 5.32 Å². The van der Waals surface area contributed by atoms with Gasteiger partial charge in [0.15, 0.2) is 5.13 Å². The van der Waals surface area contributed by atoms with Crippen molar-refractivity contribution in [3.63, 3.8) is 0 Å². The summed E-state index contributed by atoms with van der Waals surface area (Å²) in [6.07, 6.45) is 1.72. The Kier molecular flexibility index (Phi) is 6.36. The van der Waals surface area contributed by atoms with E-state index in [4.69, 9.17) is 0 Å². The Labute approximate surface area is 175 Å². The highest BCUT2D eigenvalue weighted by molar-refractivity contribution is 7.89. The summed E-state index contributed by atoms with van der Waals surface area (Å²) in [5, 5.41) is 3.33. The van der Waals surface area contributed by atoms with Crippen LogP contribution >= 0.6 is 11.3 Å². The van der Waals surface area contributed by atoms with E-state index in [1.54, 1.807) is 7.05 Å². The normalized spacial score (nSPS) is 11.9. The number of anilines is 1. The molecule has 0 saturated heterocycles. The summed E-state index contributed by atoms with van der Waals surface area (Å²) in [6, 6.07) is 10.1. The monoisotopic (exact) mass is 431 g/mol. The first-order chi connectivity index (χ1) is 13.7. The molecule has 0 spiro atoms. The van der Waals surface area contributed by atoms with Crippen LogP contribution in [-0.4, -0.2) is 37.2 Å². The molecule has 3 aromatic rings. The number of fused-ring (bicyclic) bond motifs is 1. The average Bonchev–Trinajstić information content (AvgIpc) is 3.08. The fourth-order valence-electron chi connectivity index (χ4n) is 3.05. The number of unbranched alkanes of at least 4 members (excludes halogenated alkanes) is 1. The van der Waals surface area contributed by atoms with Gasteiger partial charge in [-0.05, 0) is 61.7 Å². The number of hydrogen-bond donors (Lipinski definition) is 1. The van der Waals surface area contributed by atoms with Gasteiger partial charge in [-0.3, -0.25) is 10.1 Å². The zero-order valence-corrected chi connectivity index (χ0v) is 18.7. The van der Waals surface area contributed by atoms with E-state index in [2.05, 4.69) is 16.4 Å². The number of aromatic nitrogens is 1. The largest absolute Gasteiger partial charge is 0.298 e. The number of nitrogens with zero attached hydrogens (tertiary/aromatic N) is 2. The maximum absolute atomic E-state index is 12.6. The van der Waals surface area contributed by atoms with Gasteiger partial charge in [-0.15, -0.1) is 0 Å². The standard InChI is InChI=1S/C21H25N3O3S2/c1-5-6-11-24(4)29(26,27)17-9-7-16(8-10-17)20(25)23-21-22-19-15(3)12-14(2)13-18(19)28-21/h7-10,12-13H,5-6,11H2,1-4H3,(H,22,23,25). The molecular weight excluding hydrogens is 406 g/mol. The number of amides is 1. The van der Waals surface area contributed by atoms with Crippen molar-refractivity contribution in [1.82, 2.24) is 9.29 Å². The number of nitrogens with one attached hydrogen (secondary N) is 1. The molecule has 0 unspecified atom stereocenters. The van der Waals surface area contributed by atoms with Gasteiger partial charge in [-0.2, -0.15) is 0 Å². The van der Waals surface area contributed by atoms with Gasteiger partial charge in [-0.25, -0.2) is 17.7 Å². The highest BCUT2D eigenvalue weighted by Gasteiger charge is 2.20. The number of carbonyl (C=O) groups is 1. The van der Waals surface area contributed by atoms with Gasteiger partial charge < -0.3 is 0 Å². The van der Waals surface area contributed by atoms with Crippen molar-refractivity contribution < 1.29 is 13.2 Å². The van der Waals surface area contributed by atoms with E-state index in [1.165, 1.54) is 39.9 Å². The summed E-state index contributed by atoms with van der Waals surface area (Å²) < 4.78 is 27.5. The van der Waals surface area contributed by atoms with Crippen molar-refractivity contribution in [1.29, 1.82) is 0 Å². The van der Waals surface area contributed by atoms with Crippen LogP contribution in [0.5, 0.6) is 0 Å². The van der Waals surface area contributed by atoms with Crippen LogP contribution in [0.15, 0.2) is 41.3 Å². The predicted octanol–water partition coefficient (Wildman–Crippen LogP) is 4.59. The number of thiazole rings is 1. The van der Waals surface area contributed by atoms with Crippen LogP contribution in [0.4, 0.5) is 5.13 Å². The van der Waals surface area contributed by atoms with Crippen LogP contribution in [0.3, 0.4) is 0 Å². The predicted molar refractivity (Wildman–Crippen MR) is 118 cm³/mol. The Morgan fingerprint density at radius 3 is 2.52 bits per heavy atom. The number of sulfonamides is 1. The molecule has 0 aliphatic rings. The molecule has 1 aromatic heterocycles. The van der Waals surface area contributed by atoms with Gasteiger partial charge in [0.1, 0.15) is 0 Å². The molecule has 0 radical (unpaired) electrons. The van der Waals surface area contributed by atoms with Crippen molar-refractivity contribution >= 4 is 42.6 Å². The number of hydrogen-bond acceptors (Lipinski definition) is 5. The van der Waals surface area contributed by atoms with E-state index in [1.807, 2.05) is 26.8 Å². The maximum atomic E-state index is 12.6. The third-order valence-electron chi connectivity index (χ3n) is 4.70. The minimum absolute atomic E-state index is 0.179. The number of benzene rings is 2. The van der Waals surface area contributed by atoms with Crippen LogP contribution in [0.1, 0.15) is 41.3 Å². The minimum atomic E-state index is -3.55. The summed E-state index contributed by atoms with van der Waals surface area (Å²) in [5.41, 5.74) is 3.48. The van der Waals surface area contributed by atoms with Gasteiger partial charge in [0.05, 0.1) is 15.1 Å². The number of rotatable bonds is 7. The lowest BCUT2D eigenvalue weighted by Gasteiger charge is -2.16. The first kappa shape index (κ1) is 21.4. The van der Waals surface area contributed by atoms with Crippen LogP contribution in [-0.2, 0) is 10.0 Å². The Hall–Kier alpha value is -2.29. The first-order valence-corrected chi connectivity index (χ1v) is 11.7. The minimum Gasteiger partial charge on any atom is -0.298 e. The second kappa shape index (κ2) is 8.61. The molecule has 8 heteroatoms. The van der Waals surface area contributed by atoms with Gasteiger partial charge in [0, 0.05) is 19.2 Å². The molecule has 154 valence electrons. The van der Waals surface area contributed by atoms with E-state index >= 15 is 0 Å². The number of carbonyl (C=O) groups excluding carboxylic acids is 1. The van der Waals surface area contributed by atoms with E-state index in [0.717, 1.165) is 34.2 Å². The Morgan fingerprint density at radius 2 is 1.86 bits per heavy atom. The molecule has 1 N–H and O–H groups in total. The molecular formula is C21H25N3O3S2. The Morgan fingerprint density at radius 1 is 1.17 bits per heavy atom. The fourth-order valence-corrected chi connectivity index (χ4v) is 5.30. The Bertz CT molecular complexity index is 1140. The molecule has 0 fully saturated rings. The van der Waals surface area contributed by atoms with Crippen molar-refractivity contribution in [3.05, 3.63) is 53.1 Å². The summed E-state index contributed by atoms with van der Waals surface area (Å²) in [6.45, 7) is 6.51. The SMILES string of the molecule is CCCCN(C)S(=O)(=O)c1ccc(C(=O)Nc2nc3c(C)cc(C)cc3s2)cc1. The topological polar surface area (TPSA) is 79.4 Å². The summed E-state index contributed by atoms with van der Waals surface area (Å²) in [5.74, 6) is -0.318. The quantitative estimate of drug-likeness (QED) is 0.594. The van der Waals surface area contributed by atoms with Gasteiger partial charge >= 0.3 is 0 Å². The number of aryl methyl sites for hydroxylation is 2. The maximum Gasteiger partial charge on any atom is 0.257 e. The lowest BCUT2D eigenvalue weighted by Crippen LogP contribution is -2.28. The molecule has 0 aliphatic heterocycles. The van der Waals surface area contributed by atoms with Crippen LogP contribution in [0, 0.1) is 13.8 Å². The molecule has 0 saturated carbocycles. The average molecular weight is 432 g/mol. The zero-order valence-electron chi connectivity index (χ0n) is 17.0. The lowest BCUT2D eigenvalue weighted by atomic mass is 10.1. The third kappa shape index (κ3) is 4.66. The molecule has 0 atom stereocenters. The van der Waals surface area contributed by atoms with Crippen LogP contribution in [0.2, 0.25) is 0 Å². The summed E-state index contributed by atoms with van der Waals surface area (Å²) in [7, 11) is -1.98. The molecule has 1 heterocycles. The molecule has 2 aromatic carbocycles. The highest BCUT2D eigenvalue weighted by Crippen LogP contribution is 2.29. The van der Waals surface area contributed by atoms with Gasteiger partial charge in [-0.1, -0.05) is 30.7 Å². The third-order valence-corrected chi connectivity index (χ3v) is 7.49. The zero-order chi connectivity index (χ0) is 21.2. The van der Waals surface area contributed by atoms with E-state index in [-0.39, 0.29) is 10.8 Å². The summed E-state index contributed by atoms with van der Waals surface area (Å²) >= 11 is 1.42. The Balaban J connectivity index is 1.76. The molecule has 1 amide bonds. The molecule has 3 rings (SSSR count). The van der Waals surface area contributed by atoms with Crippen molar-refractivity contribution in [2.75, 3.05) is 18.9 Å². The van der Waals surface area contributed by atoms with E-state index in [0.29, 0.717) is 17.2 Å². The van der Waals surface area contributed by atoms with Crippen molar-refractivity contribution in [2.45, 2.75) is 38.5 Å². The molecule has 6 nitrogen and oxygen atoms in total. The lowest BCUT2D eigenvalue weighted by molar-refractivity contribution is 0.102. The second-order valence-electron chi connectivity index (χ2n) is 7.11. The molecule has 0 aliphatic carbocycles. The fraction of sp³-hybridized carbons (Fsp3) is 0.333. The highest BCUT2D eigenvalue weighted by atomic mass is 32.2. The van der Waals surface area contributed by atoms with E-state index < -0.39 is 10.0 Å². The van der Waals surface area contributed by atoms with Crippen LogP contribution in [0.25, 0.3) is 10.2 Å². The summed E-state index contributed by atoms with van der Waals surface area (Å²) in [4.78, 5) is 17.3. The van der Waals surface area contributed by atoms with Crippen molar-refractivity contribution in [2.24, 2.45) is 0 Å². The van der Waals surface area contributed by atoms with Crippen molar-refractivity contribution in [3.8, 4) is 0 Å². The molecule has 29 heavy (non-hydrogen) atoms. The smallest absolute Gasteiger partial charge is 0.257 e. The first-order valence-electron chi connectivity index (χ1n) is 9.48. The van der Waals surface area contributed by atoms with Gasteiger partial charge in [0.2, 0.25) is 10.0 Å².